The molecule has 0 spiro atoms. The van der Waals surface area contributed by atoms with Crippen molar-refractivity contribution in [3.63, 3.8) is 0 Å². The van der Waals surface area contributed by atoms with Crippen molar-refractivity contribution in [3.8, 4) is 0 Å². The summed E-state index contributed by atoms with van der Waals surface area (Å²) in [5, 5.41) is 1.12. The maximum Gasteiger partial charge on any atom is 0.242 e. The van der Waals surface area contributed by atoms with Crippen LogP contribution in [0, 0.1) is 13.8 Å². The van der Waals surface area contributed by atoms with Crippen LogP contribution in [0.2, 0.25) is 0 Å². The van der Waals surface area contributed by atoms with Crippen LogP contribution in [0.5, 0.6) is 0 Å². The Morgan fingerprint density at radius 3 is 2.77 bits per heavy atom. The largest absolute Gasteiger partial charge is 0.341 e. The van der Waals surface area contributed by atoms with E-state index >= 15 is 0 Å². The van der Waals surface area contributed by atoms with Crippen molar-refractivity contribution in [2.75, 3.05) is 13.1 Å². The Hall–Kier alpha value is -2.62. The van der Waals surface area contributed by atoms with Crippen molar-refractivity contribution in [3.05, 3.63) is 65.6 Å². The Kier molecular flexibility index (Phi) is 4.49. The van der Waals surface area contributed by atoms with Crippen LogP contribution < -0.4 is 0 Å². The van der Waals surface area contributed by atoms with Gasteiger partial charge in [0.25, 0.3) is 0 Å². The SMILES string of the molecule is Cc1cccc(C2CCN(C(=O)Cn3cc(C)c4cnccc43)CC2)c1. The first-order valence-corrected chi connectivity index (χ1v) is 9.35. The molecule has 1 aliphatic heterocycles. The second-order valence-corrected chi connectivity index (χ2v) is 7.40. The van der Waals surface area contributed by atoms with Crippen molar-refractivity contribution >= 4 is 16.8 Å². The van der Waals surface area contributed by atoms with Crippen LogP contribution in [0.4, 0.5) is 0 Å². The number of fused-ring (bicyclic) bond motifs is 1. The molecular weight excluding hydrogens is 322 g/mol. The highest BCUT2D eigenvalue weighted by molar-refractivity contribution is 5.85. The van der Waals surface area contributed by atoms with Crippen LogP contribution in [0.15, 0.2) is 48.9 Å². The molecular formula is C22H25N3O. The monoisotopic (exact) mass is 347 g/mol. The molecule has 0 bridgehead atoms. The minimum Gasteiger partial charge on any atom is -0.341 e. The number of nitrogens with zero attached hydrogens (tertiary/aromatic N) is 3. The summed E-state index contributed by atoms with van der Waals surface area (Å²) in [6, 6.07) is 10.8. The van der Waals surface area contributed by atoms with Crippen molar-refractivity contribution in [1.82, 2.24) is 14.5 Å². The molecule has 0 N–H and O–H groups in total. The van der Waals surface area contributed by atoms with Gasteiger partial charge in [0.2, 0.25) is 5.91 Å². The summed E-state index contributed by atoms with van der Waals surface area (Å²) in [5.41, 5.74) is 4.97. The molecule has 2 aromatic heterocycles. The first kappa shape index (κ1) is 16.8. The van der Waals surface area contributed by atoms with Crippen molar-refractivity contribution in [1.29, 1.82) is 0 Å². The second kappa shape index (κ2) is 6.94. The standard InChI is InChI=1S/C22H25N3O/c1-16-4-3-5-19(12-16)18-7-10-24(11-8-18)22(26)15-25-14-17(2)20-13-23-9-6-21(20)25/h3-6,9,12-14,18H,7-8,10-11,15H2,1-2H3. The number of aryl methyl sites for hydroxylation is 2. The molecule has 26 heavy (non-hydrogen) atoms. The van der Waals surface area contributed by atoms with E-state index in [2.05, 4.69) is 53.9 Å². The quantitative estimate of drug-likeness (QED) is 0.717. The Bertz CT molecular complexity index is 935. The van der Waals surface area contributed by atoms with Gasteiger partial charge in [0.05, 0.1) is 5.52 Å². The van der Waals surface area contributed by atoms with Gasteiger partial charge in [-0.2, -0.15) is 0 Å². The summed E-state index contributed by atoms with van der Waals surface area (Å²) in [5.74, 6) is 0.779. The van der Waals surface area contributed by atoms with Crippen LogP contribution >= 0.6 is 0 Å². The van der Waals surface area contributed by atoms with Crippen LogP contribution in [0.3, 0.4) is 0 Å². The fourth-order valence-corrected chi connectivity index (χ4v) is 4.08. The maximum atomic E-state index is 12.8. The van der Waals surface area contributed by atoms with E-state index in [1.807, 2.05) is 17.2 Å². The molecule has 1 aliphatic rings. The molecule has 0 radical (unpaired) electrons. The van der Waals surface area contributed by atoms with E-state index < -0.39 is 0 Å². The zero-order valence-corrected chi connectivity index (χ0v) is 15.5. The number of hydrogen-bond donors (Lipinski definition) is 0. The van der Waals surface area contributed by atoms with Crippen LogP contribution in [0.25, 0.3) is 10.9 Å². The van der Waals surface area contributed by atoms with Crippen molar-refractivity contribution in [2.45, 2.75) is 39.2 Å². The van der Waals surface area contributed by atoms with E-state index in [9.17, 15) is 4.79 Å². The molecule has 3 heterocycles. The molecule has 1 fully saturated rings. The lowest BCUT2D eigenvalue weighted by atomic mass is 9.88. The highest BCUT2D eigenvalue weighted by Gasteiger charge is 2.24. The van der Waals surface area contributed by atoms with Gasteiger partial charge in [0.1, 0.15) is 6.54 Å². The van der Waals surface area contributed by atoms with Crippen LogP contribution in [0.1, 0.15) is 35.4 Å². The lowest BCUT2D eigenvalue weighted by molar-refractivity contribution is -0.132. The minimum atomic E-state index is 0.210. The molecule has 4 rings (SSSR count). The Morgan fingerprint density at radius 2 is 2.00 bits per heavy atom. The number of likely N-dealkylation sites (tertiary alicyclic amines) is 1. The molecule has 3 aromatic rings. The van der Waals surface area contributed by atoms with Gasteiger partial charge in [-0.25, -0.2) is 0 Å². The Morgan fingerprint density at radius 1 is 1.19 bits per heavy atom. The third-order valence-electron chi connectivity index (χ3n) is 5.55. The smallest absolute Gasteiger partial charge is 0.242 e. The van der Waals surface area contributed by atoms with Gasteiger partial charge in [-0.05, 0) is 49.8 Å². The average molecular weight is 347 g/mol. The van der Waals surface area contributed by atoms with Crippen LogP contribution in [-0.4, -0.2) is 33.4 Å². The van der Waals surface area contributed by atoms with Gasteiger partial charge in [0, 0.05) is 37.1 Å². The topological polar surface area (TPSA) is 38.1 Å². The summed E-state index contributed by atoms with van der Waals surface area (Å²) in [6.07, 6.45) is 7.81. The first-order chi connectivity index (χ1) is 12.6. The van der Waals surface area contributed by atoms with Gasteiger partial charge in [-0.15, -0.1) is 0 Å². The van der Waals surface area contributed by atoms with E-state index in [1.165, 1.54) is 16.7 Å². The lowest BCUT2D eigenvalue weighted by Gasteiger charge is -2.32. The zero-order chi connectivity index (χ0) is 18.1. The van der Waals surface area contributed by atoms with Gasteiger partial charge in [-0.1, -0.05) is 29.8 Å². The number of piperidine rings is 1. The van der Waals surface area contributed by atoms with E-state index in [0.29, 0.717) is 12.5 Å². The first-order valence-electron chi connectivity index (χ1n) is 9.35. The fraction of sp³-hybridized carbons (Fsp3) is 0.364. The lowest BCUT2D eigenvalue weighted by Crippen LogP contribution is -2.39. The van der Waals surface area contributed by atoms with Gasteiger partial charge in [-0.3, -0.25) is 9.78 Å². The Balaban J connectivity index is 1.42. The highest BCUT2D eigenvalue weighted by atomic mass is 16.2. The predicted octanol–water partition coefficient (Wildman–Crippen LogP) is 4.06. The number of hydrogen-bond acceptors (Lipinski definition) is 2. The number of carbonyl (C=O) groups excluding carboxylic acids is 1. The molecule has 0 atom stereocenters. The summed E-state index contributed by atoms with van der Waals surface area (Å²) < 4.78 is 2.06. The van der Waals surface area contributed by atoms with Gasteiger partial charge in [0.15, 0.2) is 0 Å². The van der Waals surface area contributed by atoms with E-state index in [1.54, 1.807) is 6.20 Å². The molecule has 134 valence electrons. The third-order valence-corrected chi connectivity index (χ3v) is 5.55. The molecule has 1 aromatic carbocycles. The summed E-state index contributed by atoms with van der Waals surface area (Å²) >= 11 is 0. The summed E-state index contributed by atoms with van der Waals surface area (Å²) in [6.45, 7) is 6.30. The van der Waals surface area contributed by atoms with Crippen molar-refractivity contribution < 1.29 is 4.79 Å². The zero-order valence-electron chi connectivity index (χ0n) is 15.5. The fourth-order valence-electron chi connectivity index (χ4n) is 4.08. The number of amides is 1. The predicted molar refractivity (Wildman–Crippen MR) is 104 cm³/mol. The number of carbonyl (C=O) groups is 1. The third kappa shape index (κ3) is 3.24. The molecule has 4 heteroatoms. The molecule has 0 aliphatic carbocycles. The summed E-state index contributed by atoms with van der Waals surface area (Å²) in [4.78, 5) is 19.0. The molecule has 0 saturated carbocycles. The van der Waals surface area contributed by atoms with Crippen LogP contribution in [-0.2, 0) is 11.3 Å². The number of benzene rings is 1. The van der Waals surface area contributed by atoms with E-state index in [-0.39, 0.29) is 5.91 Å². The molecule has 4 nitrogen and oxygen atoms in total. The normalized spacial score (nSPS) is 15.5. The second-order valence-electron chi connectivity index (χ2n) is 7.40. The number of rotatable bonds is 3. The van der Waals surface area contributed by atoms with E-state index in [0.717, 1.165) is 36.8 Å². The summed E-state index contributed by atoms with van der Waals surface area (Å²) in [7, 11) is 0. The minimum absolute atomic E-state index is 0.210. The molecule has 1 amide bonds. The molecule has 0 unspecified atom stereocenters. The van der Waals surface area contributed by atoms with Gasteiger partial charge < -0.3 is 9.47 Å². The average Bonchev–Trinajstić information content (AvgIpc) is 2.98. The van der Waals surface area contributed by atoms with Gasteiger partial charge >= 0.3 is 0 Å². The number of pyridine rings is 1. The molecule has 1 saturated heterocycles. The highest BCUT2D eigenvalue weighted by Crippen LogP contribution is 2.29. The van der Waals surface area contributed by atoms with E-state index in [4.69, 9.17) is 0 Å². The number of aromatic nitrogens is 2. The Labute approximate surface area is 154 Å². The van der Waals surface area contributed by atoms with Crippen molar-refractivity contribution in [2.24, 2.45) is 0 Å². The maximum absolute atomic E-state index is 12.8.